The molecule has 4 nitrogen and oxygen atoms in total. The lowest BCUT2D eigenvalue weighted by molar-refractivity contribution is 0.817. The van der Waals surface area contributed by atoms with Gasteiger partial charge in [0.25, 0.3) is 0 Å². The fourth-order valence-electron chi connectivity index (χ4n) is 2.72. The molecule has 1 heterocycles. The van der Waals surface area contributed by atoms with Gasteiger partial charge in [0.15, 0.2) is 6.19 Å². The van der Waals surface area contributed by atoms with Crippen molar-refractivity contribution in [3.63, 3.8) is 0 Å². The largest absolute Gasteiger partial charge is 0.277 e. The summed E-state index contributed by atoms with van der Waals surface area (Å²) in [5, 5.41) is 11.7. The average Bonchev–Trinajstić information content (AvgIpc) is 2.70. The molecule has 3 aromatic rings. The van der Waals surface area contributed by atoms with E-state index in [0.717, 1.165) is 5.56 Å². The van der Waals surface area contributed by atoms with Gasteiger partial charge in [0, 0.05) is 23.9 Å². The first-order valence-electron chi connectivity index (χ1n) is 8.08. The number of nitrogens with zero attached hydrogens (tertiary/aromatic N) is 3. The van der Waals surface area contributed by atoms with E-state index < -0.39 is 0 Å². The Balaban J connectivity index is 1.93. The Labute approximate surface area is 147 Å². The van der Waals surface area contributed by atoms with E-state index in [9.17, 15) is 0 Å². The second-order valence-electron chi connectivity index (χ2n) is 5.54. The second kappa shape index (κ2) is 8.42. The fourth-order valence-corrected chi connectivity index (χ4v) is 2.72. The lowest BCUT2D eigenvalue weighted by atomic mass is 9.91. The Bertz CT molecular complexity index is 813. The van der Waals surface area contributed by atoms with Gasteiger partial charge in [0.1, 0.15) is 5.84 Å². The first-order chi connectivity index (χ1) is 12.4. The Hall–Kier alpha value is -3.45. The Morgan fingerprint density at radius 3 is 2.12 bits per heavy atom. The minimum absolute atomic E-state index is 0.120. The highest BCUT2D eigenvalue weighted by atomic mass is 15.0. The summed E-state index contributed by atoms with van der Waals surface area (Å²) >= 11 is 0. The maximum atomic E-state index is 9.03. The van der Waals surface area contributed by atoms with Gasteiger partial charge in [-0.3, -0.25) is 15.3 Å². The van der Waals surface area contributed by atoms with Crippen molar-refractivity contribution in [3.05, 3.63) is 102 Å². The molecule has 0 saturated carbocycles. The van der Waals surface area contributed by atoms with E-state index in [1.807, 2.05) is 54.7 Å². The molecular weight excluding hydrogens is 308 g/mol. The second-order valence-corrected chi connectivity index (χ2v) is 5.54. The van der Waals surface area contributed by atoms with Crippen molar-refractivity contribution in [1.82, 2.24) is 10.3 Å². The van der Waals surface area contributed by atoms with Crippen LogP contribution in [0.2, 0.25) is 0 Å². The highest BCUT2D eigenvalue weighted by Crippen LogP contribution is 2.25. The van der Waals surface area contributed by atoms with E-state index in [2.05, 4.69) is 39.6 Å². The molecule has 122 valence electrons. The molecule has 0 fully saturated rings. The molecule has 0 unspecified atom stereocenters. The monoisotopic (exact) mass is 326 g/mol. The normalized spacial score (nSPS) is 11.1. The van der Waals surface area contributed by atoms with Crippen LogP contribution in [0.1, 0.15) is 22.6 Å². The quantitative estimate of drug-likeness (QED) is 0.336. The van der Waals surface area contributed by atoms with Crippen LogP contribution in [-0.2, 0) is 0 Å². The van der Waals surface area contributed by atoms with Gasteiger partial charge >= 0.3 is 0 Å². The summed E-state index contributed by atoms with van der Waals surface area (Å²) in [5.74, 6) is 0.655. The predicted molar refractivity (Wildman–Crippen MR) is 99.1 cm³/mol. The summed E-state index contributed by atoms with van der Waals surface area (Å²) in [5.41, 5.74) is 3.18. The number of nitriles is 1. The topological polar surface area (TPSA) is 61.1 Å². The molecule has 0 radical (unpaired) electrons. The van der Waals surface area contributed by atoms with Crippen LogP contribution in [0.3, 0.4) is 0 Å². The molecule has 1 aromatic heterocycles. The fraction of sp³-hybridized carbons (Fsp3) is 0.0952. The Morgan fingerprint density at radius 2 is 1.60 bits per heavy atom. The molecule has 4 heteroatoms. The van der Waals surface area contributed by atoms with Crippen LogP contribution in [0.15, 0.2) is 90.2 Å². The van der Waals surface area contributed by atoms with Crippen LogP contribution in [0.4, 0.5) is 0 Å². The number of hydrogen-bond donors (Lipinski definition) is 1. The van der Waals surface area contributed by atoms with Gasteiger partial charge in [0.05, 0.1) is 6.54 Å². The maximum Gasteiger partial charge on any atom is 0.182 e. The van der Waals surface area contributed by atoms with Crippen molar-refractivity contribution in [3.8, 4) is 6.19 Å². The van der Waals surface area contributed by atoms with Crippen LogP contribution >= 0.6 is 0 Å². The third-order valence-corrected chi connectivity index (χ3v) is 3.95. The summed E-state index contributed by atoms with van der Waals surface area (Å²) in [4.78, 5) is 8.78. The number of aromatic nitrogens is 1. The van der Waals surface area contributed by atoms with Gasteiger partial charge in [-0.25, -0.2) is 0 Å². The summed E-state index contributed by atoms with van der Waals surface area (Å²) in [6, 6.07) is 24.3. The zero-order valence-corrected chi connectivity index (χ0v) is 13.7. The Morgan fingerprint density at radius 1 is 0.960 bits per heavy atom. The van der Waals surface area contributed by atoms with E-state index in [0.29, 0.717) is 12.4 Å². The van der Waals surface area contributed by atoms with Gasteiger partial charge in [-0.2, -0.15) is 5.26 Å². The van der Waals surface area contributed by atoms with Crippen LogP contribution in [0.5, 0.6) is 0 Å². The number of nitrogens with one attached hydrogen (secondary N) is 1. The Kier molecular flexibility index (Phi) is 5.52. The third kappa shape index (κ3) is 4.30. The summed E-state index contributed by atoms with van der Waals surface area (Å²) < 4.78 is 0. The van der Waals surface area contributed by atoms with E-state index in [-0.39, 0.29) is 5.92 Å². The lowest BCUT2D eigenvalue weighted by Gasteiger charge is -2.16. The first-order valence-corrected chi connectivity index (χ1v) is 8.08. The minimum atomic E-state index is 0.120. The number of hydrogen-bond acceptors (Lipinski definition) is 3. The van der Waals surface area contributed by atoms with Crippen LogP contribution in [0.25, 0.3) is 0 Å². The van der Waals surface area contributed by atoms with E-state index in [1.165, 1.54) is 11.1 Å². The third-order valence-electron chi connectivity index (χ3n) is 3.95. The SMILES string of the molecule is N#CN/C(=N\CC(c1ccccc1)c1ccccc1)c1cccnc1. The molecular formula is C21H18N4. The van der Waals surface area contributed by atoms with Crippen molar-refractivity contribution >= 4 is 5.84 Å². The zero-order valence-electron chi connectivity index (χ0n) is 13.7. The molecule has 0 atom stereocenters. The van der Waals surface area contributed by atoms with E-state index in [4.69, 9.17) is 5.26 Å². The van der Waals surface area contributed by atoms with Crippen molar-refractivity contribution in [2.75, 3.05) is 6.54 Å². The van der Waals surface area contributed by atoms with Gasteiger partial charge in [-0.05, 0) is 23.3 Å². The molecule has 0 spiro atoms. The van der Waals surface area contributed by atoms with E-state index in [1.54, 1.807) is 12.4 Å². The first kappa shape index (κ1) is 16.4. The summed E-state index contributed by atoms with van der Waals surface area (Å²) in [6.07, 6.45) is 5.36. The zero-order chi connectivity index (χ0) is 17.3. The molecule has 1 N–H and O–H groups in total. The molecule has 0 aliphatic rings. The molecule has 0 aliphatic carbocycles. The molecule has 3 rings (SSSR count). The minimum Gasteiger partial charge on any atom is -0.277 e. The molecule has 0 amide bonds. The van der Waals surface area contributed by atoms with Gasteiger partial charge < -0.3 is 0 Å². The van der Waals surface area contributed by atoms with Crippen molar-refractivity contribution in [2.24, 2.45) is 4.99 Å². The summed E-state index contributed by atoms with van der Waals surface area (Å²) in [6.45, 7) is 0.535. The maximum absolute atomic E-state index is 9.03. The lowest BCUT2D eigenvalue weighted by Crippen LogP contribution is -2.21. The standard InChI is InChI=1S/C21H18N4/c22-16-25-21(19-12-7-13-23-14-19)24-15-20(17-8-3-1-4-9-17)18-10-5-2-6-11-18/h1-14,20H,15H2,(H,24,25). The van der Waals surface area contributed by atoms with Crippen LogP contribution in [0, 0.1) is 11.5 Å². The highest BCUT2D eigenvalue weighted by molar-refractivity contribution is 5.99. The van der Waals surface area contributed by atoms with Crippen LogP contribution < -0.4 is 5.32 Å². The highest BCUT2D eigenvalue weighted by Gasteiger charge is 2.14. The van der Waals surface area contributed by atoms with E-state index >= 15 is 0 Å². The number of rotatable bonds is 5. The van der Waals surface area contributed by atoms with Crippen molar-refractivity contribution < 1.29 is 0 Å². The summed E-state index contributed by atoms with van der Waals surface area (Å²) in [7, 11) is 0. The number of amidine groups is 1. The molecule has 0 aliphatic heterocycles. The van der Waals surface area contributed by atoms with Crippen LogP contribution in [-0.4, -0.2) is 17.4 Å². The molecule has 2 aromatic carbocycles. The van der Waals surface area contributed by atoms with Gasteiger partial charge in [0.2, 0.25) is 0 Å². The van der Waals surface area contributed by atoms with Gasteiger partial charge in [-0.15, -0.1) is 0 Å². The van der Waals surface area contributed by atoms with Gasteiger partial charge in [-0.1, -0.05) is 60.7 Å². The molecule has 25 heavy (non-hydrogen) atoms. The smallest absolute Gasteiger partial charge is 0.182 e. The number of benzene rings is 2. The van der Waals surface area contributed by atoms with Crippen molar-refractivity contribution in [2.45, 2.75) is 5.92 Å². The molecule has 0 bridgehead atoms. The predicted octanol–water partition coefficient (Wildman–Crippen LogP) is 3.73. The average molecular weight is 326 g/mol. The number of pyridine rings is 1. The number of aliphatic imine (C=N–C) groups is 1. The van der Waals surface area contributed by atoms with Crippen molar-refractivity contribution in [1.29, 1.82) is 5.26 Å². The molecule has 0 saturated heterocycles.